The molecule has 0 bridgehead atoms. The Morgan fingerprint density at radius 3 is 2.80 bits per heavy atom. The first kappa shape index (κ1) is 9.79. The van der Waals surface area contributed by atoms with E-state index in [9.17, 15) is 8.78 Å². The van der Waals surface area contributed by atoms with Gasteiger partial charge in [-0.2, -0.15) is 5.10 Å². The molecule has 0 saturated carbocycles. The lowest BCUT2D eigenvalue weighted by Gasteiger charge is -2.06. The van der Waals surface area contributed by atoms with Gasteiger partial charge in [-0.25, -0.2) is 13.5 Å². The van der Waals surface area contributed by atoms with Crippen molar-refractivity contribution < 1.29 is 13.9 Å². The van der Waals surface area contributed by atoms with E-state index in [0.717, 1.165) is 18.2 Å². The minimum Gasteiger partial charge on any atom is -0.390 e. The number of aliphatic hydroxyl groups is 1. The Balaban J connectivity index is 2.58. The predicted octanol–water partition coefficient (Wildman–Crippen LogP) is 1.64. The third kappa shape index (κ3) is 1.73. The van der Waals surface area contributed by atoms with Crippen molar-refractivity contribution >= 4 is 0 Å². The largest absolute Gasteiger partial charge is 0.390 e. The van der Waals surface area contributed by atoms with Gasteiger partial charge in [0.2, 0.25) is 0 Å². The minimum absolute atomic E-state index is 0.0101. The summed E-state index contributed by atoms with van der Waals surface area (Å²) in [5.74, 6) is -1.14. The number of hydrogen-bond acceptors (Lipinski definition) is 2. The molecule has 2 aromatic rings. The van der Waals surface area contributed by atoms with Gasteiger partial charge in [0.25, 0.3) is 0 Å². The zero-order chi connectivity index (χ0) is 10.8. The van der Waals surface area contributed by atoms with E-state index in [4.69, 9.17) is 5.11 Å². The fourth-order valence-electron chi connectivity index (χ4n) is 1.32. The van der Waals surface area contributed by atoms with E-state index in [2.05, 4.69) is 5.10 Å². The second-order valence-corrected chi connectivity index (χ2v) is 2.99. The van der Waals surface area contributed by atoms with Gasteiger partial charge < -0.3 is 5.11 Å². The summed E-state index contributed by atoms with van der Waals surface area (Å²) in [6.07, 6.45) is 1.41. The average Bonchev–Trinajstić information content (AvgIpc) is 2.69. The molecule has 0 fully saturated rings. The summed E-state index contributed by atoms with van der Waals surface area (Å²) in [7, 11) is 0. The Bertz CT molecular complexity index is 482. The molecule has 5 heteroatoms. The van der Waals surface area contributed by atoms with Gasteiger partial charge in [-0.05, 0) is 18.2 Å². The Hall–Kier alpha value is -1.75. The van der Waals surface area contributed by atoms with Crippen LogP contribution in [0.4, 0.5) is 8.78 Å². The number of aromatic nitrogens is 2. The lowest BCUT2D eigenvalue weighted by atomic mass is 10.3. The quantitative estimate of drug-likeness (QED) is 0.818. The maximum absolute atomic E-state index is 13.3. The highest BCUT2D eigenvalue weighted by Gasteiger charge is 2.09. The summed E-state index contributed by atoms with van der Waals surface area (Å²) in [6.45, 7) is -0.282. The number of benzene rings is 1. The molecule has 3 nitrogen and oxygen atoms in total. The van der Waals surface area contributed by atoms with Crippen LogP contribution in [0.2, 0.25) is 0 Å². The summed E-state index contributed by atoms with van der Waals surface area (Å²) in [5.41, 5.74) is 0.392. The Labute approximate surface area is 84.6 Å². The van der Waals surface area contributed by atoms with Crippen LogP contribution in [0, 0.1) is 11.6 Å². The van der Waals surface area contributed by atoms with Gasteiger partial charge in [-0.1, -0.05) is 0 Å². The highest BCUT2D eigenvalue weighted by Crippen LogP contribution is 2.16. The molecule has 2 rings (SSSR count). The van der Waals surface area contributed by atoms with Crippen LogP contribution in [0.25, 0.3) is 5.69 Å². The molecule has 0 aliphatic rings. The Morgan fingerprint density at radius 1 is 1.27 bits per heavy atom. The van der Waals surface area contributed by atoms with Crippen molar-refractivity contribution in [2.45, 2.75) is 6.61 Å². The molecule has 0 atom stereocenters. The number of rotatable bonds is 2. The fourth-order valence-corrected chi connectivity index (χ4v) is 1.32. The normalized spacial score (nSPS) is 10.6. The van der Waals surface area contributed by atoms with Gasteiger partial charge >= 0.3 is 0 Å². The minimum atomic E-state index is -0.588. The first-order chi connectivity index (χ1) is 7.22. The van der Waals surface area contributed by atoms with E-state index >= 15 is 0 Å². The maximum Gasteiger partial charge on any atom is 0.149 e. The van der Waals surface area contributed by atoms with E-state index in [0.29, 0.717) is 5.69 Å². The molecule has 0 aliphatic heterocycles. The van der Waals surface area contributed by atoms with Crippen LogP contribution in [0.3, 0.4) is 0 Å². The van der Waals surface area contributed by atoms with Crippen molar-refractivity contribution in [3.8, 4) is 5.69 Å². The zero-order valence-electron chi connectivity index (χ0n) is 7.69. The zero-order valence-corrected chi connectivity index (χ0v) is 7.69. The molecular formula is C10H8F2N2O. The second-order valence-electron chi connectivity index (χ2n) is 2.99. The van der Waals surface area contributed by atoms with Gasteiger partial charge in [-0.3, -0.25) is 0 Å². The van der Waals surface area contributed by atoms with E-state index in [-0.39, 0.29) is 12.3 Å². The molecule has 0 radical (unpaired) electrons. The number of hydrogen-bond donors (Lipinski definition) is 1. The summed E-state index contributed by atoms with van der Waals surface area (Å²) in [6, 6.07) is 4.61. The lowest BCUT2D eigenvalue weighted by molar-refractivity contribution is 0.273. The van der Waals surface area contributed by atoms with Crippen LogP contribution in [0.5, 0.6) is 0 Å². The smallest absolute Gasteiger partial charge is 0.149 e. The second kappa shape index (κ2) is 3.78. The molecule has 1 N–H and O–H groups in total. The molecule has 0 aliphatic carbocycles. The predicted molar refractivity (Wildman–Crippen MR) is 49.4 cm³/mol. The van der Waals surface area contributed by atoms with E-state index in [1.54, 1.807) is 0 Å². The fraction of sp³-hybridized carbons (Fsp3) is 0.100. The van der Waals surface area contributed by atoms with Gasteiger partial charge in [0.15, 0.2) is 0 Å². The topological polar surface area (TPSA) is 38.1 Å². The molecule has 1 heterocycles. The molecule has 0 unspecified atom stereocenters. The van der Waals surface area contributed by atoms with E-state index < -0.39 is 11.6 Å². The third-order valence-corrected chi connectivity index (χ3v) is 2.02. The van der Waals surface area contributed by atoms with Crippen LogP contribution < -0.4 is 0 Å². The van der Waals surface area contributed by atoms with Crippen LogP contribution in [-0.4, -0.2) is 14.9 Å². The summed E-state index contributed by atoms with van der Waals surface area (Å²) in [5, 5.41) is 12.8. The summed E-state index contributed by atoms with van der Waals surface area (Å²) >= 11 is 0. The molecule has 15 heavy (non-hydrogen) atoms. The van der Waals surface area contributed by atoms with Crippen LogP contribution >= 0.6 is 0 Å². The van der Waals surface area contributed by atoms with Crippen molar-refractivity contribution in [1.82, 2.24) is 9.78 Å². The Morgan fingerprint density at radius 2 is 2.07 bits per heavy atom. The van der Waals surface area contributed by atoms with E-state index in [1.807, 2.05) is 0 Å². The van der Waals surface area contributed by atoms with Gasteiger partial charge in [0.1, 0.15) is 17.3 Å². The van der Waals surface area contributed by atoms with Gasteiger partial charge in [-0.15, -0.1) is 0 Å². The maximum atomic E-state index is 13.3. The molecular weight excluding hydrogens is 202 g/mol. The lowest BCUT2D eigenvalue weighted by Crippen LogP contribution is -2.04. The molecule has 1 aromatic heterocycles. The highest BCUT2D eigenvalue weighted by molar-refractivity contribution is 5.34. The van der Waals surface area contributed by atoms with Crippen molar-refractivity contribution in [2.75, 3.05) is 0 Å². The van der Waals surface area contributed by atoms with Crippen molar-refractivity contribution in [2.24, 2.45) is 0 Å². The number of aliphatic hydroxyl groups excluding tert-OH is 1. The third-order valence-electron chi connectivity index (χ3n) is 2.02. The van der Waals surface area contributed by atoms with Crippen LogP contribution in [0.1, 0.15) is 5.69 Å². The number of nitrogens with zero attached hydrogens (tertiary/aromatic N) is 2. The summed E-state index contributed by atoms with van der Waals surface area (Å²) in [4.78, 5) is 0. The van der Waals surface area contributed by atoms with Crippen LogP contribution in [-0.2, 0) is 6.61 Å². The van der Waals surface area contributed by atoms with Crippen molar-refractivity contribution in [3.05, 3.63) is 47.8 Å². The van der Waals surface area contributed by atoms with Gasteiger partial charge in [0.05, 0.1) is 12.3 Å². The molecule has 0 saturated heterocycles. The molecule has 78 valence electrons. The Kier molecular flexibility index (Phi) is 2.47. The monoisotopic (exact) mass is 210 g/mol. The SMILES string of the molecule is OCc1ccnn1-c1cc(F)ccc1F. The molecule has 0 spiro atoms. The highest BCUT2D eigenvalue weighted by atomic mass is 19.1. The molecule has 0 amide bonds. The summed E-state index contributed by atoms with van der Waals surface area (Å²) < 4.78 is 27.4. The first-order valence-corrected chi connectivity index (χ1v) is 4.31. The first-order valence-electron chi connectivity index (χ1n) is 4.31. The van der Waals surface area contributed by atoms with E-state index in [1.165, 1.54) is 16.9 Å². The van der Waals surface area contributed by atoms with Crippen LogP contribution in [0.15, 0.2) is 30.5 Å². The number of halogens is 2. The molecule has 1 aromatic carbocycles. The van der Waals surface area contributed by atoms with Crippen molar-refractivity contribution in [3.63, 3.8) is 0 Å². The van der Waals surface area contributed by atoms with Crippen molar-refractivity contribution in [1.29, 1.82) is 0 Å². The average molecular weight is 210 g/mol. The van der Waals surface area contributed by atoms with Gasteiger partial charge in [0, 0.05) is 12.3 Å². The standard InChI is InChI=1S/C10H8F2N2O/c11-7-1-2-9(12)10(5-7)14-8(6-15)3-4-13-14/h1-5,15H,6H2.